The molecule has 1 atom stereocenters. The molecule has 0 bridgehead atoms. The molecule has 2 aliphatic rings. The number of hydrogen-bond donors (Lipinski definition) is 1. The van der Waals surface area contributed by atoms with Crippen LogP contribution in [0.15, 0.2) is 6.20 Å². The Hall–Kier alpha value is -1.03. The van der Waals surface area contributed by atoms with Crippen LogP contribution in [0, 0.1) is 6.92 Å². The molecule has 112 valence electrons. The number of rotatable bonds is 5. The molecule has 1 saturated heterocycles. The summed E-state index contributed by atoms with van der Waals surface area (Å²) in [6.07, 6.45) is 12.9. The Morgan fingerprint density at radius 1 is 1.25 bits per heavy atom. The van der Waals surface area contributed by atoms with Crippen LogP contribution in [-0.4, -0.2) is 28.3 Å². The number of aromatic nitrogens is 2. The van der Waals surface area contributed by atoms with Gasteiger partial charge in [-0.3, -0.25) is 0 Å². The smallest absolute Gasteiger partial charge is 0.203 e. The Labute approximate surface area is 121 Å². The Morgan fingerprint density at radius 2 is 2.10 bits per heavy atom. The monoisotopic (exact) mass is 277 g/mol. The molecule has 4 nitrogen and oxygen atoms in total. The number of aryl methyl sites for hydroxylation is 2. The Bertz CT molecular complexity index is 417. The van der Waals surface area contributed by atoms with Crippen LogP contribution in [0.4, 0.5) is 5.95 Å². The van der Waals surface area contributed by atoms with Gasteiger partial charge in [-0.2, -0.15) is 0 Å². The van der Waals surface area contributed by atoms with Crippen molar-refractivity contribution >= 4 is 5.95 Å². The Kier molecular flexibility index (Phi) is 4.61. The molecule has 1 N–H and O–H groups in total. The van der Waals surface area contributed by atoms with Gasteiger partial charge in [-0.15, -0.1) is 0 Å². The molecule has 1 aromatic heterocycles. The van der Waals surface area contributed by atoms with Crippen LogP contribution in [0.2, 0.25) is 0 Å². The Morgan fingerprint density at radius 3 is 2.85 bits per heavy atom. The standard InChI is InChI=1S/C16H27N3O/c1-13-12-19(10-9-15-8-5-11-20-15)16(17-13)18-14-6-3-2-4-7-14/h12,14-15H,2-11H2,1H3,(H,17,18). The van der Waals surface area contributed by atoms with Crippen molar-refractivity contribution in [3.8, 4) is 0 Å². The van der Waals surface area contributed by atoms with Crippen LogP contribution in [-0.2, 0) is 11.3 Å². The fourth-order valence-electron chi connectivity index (χ4n) is 3.42. The van der Waals surface area contributed by atoms with E-state index in [1.807, 2.05) is 0 Å². The van der Waals surface area contributed by atoms with Gasteiger partial charge in [0.1, 0.15) is 0 Å². The molecular formula is C16H27N3O. The lowest BCUT2D eigenvalue weighted by molar-refractivity contribution is 0.100. The summed E-state index contributed by atoms with van der Waals surface area (Å²) in [6, 6.07) is 0.618. The predicted molar refractivity (Wildman–Crippen MR) is 81.1 cm³/mol. The summed E-state index contributed by atoms with van der Waals surface area (Å²) in [5.41, 5.74) is 1.11. The summed E-state index contributed by atoms with van der Waals surface area (Å²) in [7, 11) is 0. The van der Waals surface area contributed by atoms with Crippen LogP contribution in [0.3, 0.4) is 0 Å². The van der Waals surface area contributed by atoms with E-state index < -0.39 is 0 Å². The summed E-state index contributed by atoms with van der Waals surface area (Å²) in [6.45, 7) is 4.04. The quantitative estimate of drug-likeness (QED) is 0.895. The van der Waals surface area contributed by atoms with Gasteiger partial charge in [0.05, 0.1) is 11.8 Å². The van der Waals surface area contributed by atoms with E-state index >= 15 is 0 Å². The van der Waals surface area contributed by atoms with Gasteiger partial charge >= 0.3 is 0 Å². The zero-order valence-corrected chi connectivity index (χ0v) is 12.6. The van der Waals surface area contributed by atoms with E-state index in [1.165, 1.54) is 44.9 Å². The van der Waals surface area contributed by atoms with Crippen molar-refractivity contribution in [3.63, 3.8) is 0 Å². The van der Waals surface area contributed by atoms with Crippen molar-refractivity contribution in [1.82, 2.24) is 9.55 Å². The number of ether oxygens (including phenoxy) is 1. The third-order valence-electron chi connectivity index (χ3n) is 4.55. The van der Waals surface area contributed by atoms with Crippen molar-refractivity contribution < 1.29 is 4.74 Å². The maximum Gasteiger partial charge on any atom is 0.203 e. The van der Waals surface area contributed by atoms with Gasteiger partial charge in [-0.1, -0.05) is 19.3 Å². The first-order valence-electron chi connectivity index (χ1n) is 8.23. The van der Waals surface area contributed by atoms with Crippen LogP contribution in [0.5, 0.6) is 0 Å². The van der Waals surface area contributed by atoms with Crippen LogP contribution in [0.1, 0.15) is 57.1 Å². The number of nitrogens with zero attached hydrogens (tertiary/aromatic N) is 2. The van der Waals surface area contributed by atoms with Crippen LogP contribution in [0.25, 0.3) is 0 Å². The molecule has 3 rings (SSSR count). The first-order chi connectivity index (χ1) is 9.81. The van der Waals surface area contributed by atoms with E-state index in [0.717, 1.165) is 31.2 Å². The zero-order valence-electron chi connectivity index (χ0n) is 12.6. The summed E-state index contributed by atoms with van der Waals surface area (Å²) < 4.78 is 8.00. The van der Waals surface area contributed by atoms with Crippen molar-refractivity contribution in [1.29, 1.82) is 0 Å². The highest BCUT2D eigenvalue weighted by Gasteiger charge is 2.18. The maximum absolute atomic E-state index is 5.72. The van der Waals surface area contributed by atoms with Gasteiger partial charge in [0.25, 0.3) is 0 Å². The van der Waals surface area contributed by atoms with Gasteiger partial charge in [-0.25, -0.2) is 4.98 Å². The van der Waals surface area contributed by atoms with Gasteiger partial charge in [-0.05, 0) is 39.0 Å². The van der Waals surface area contributed by atoms with Crippen molar-refractivity contribution in [3.05, 3.63) is 11.9 Å². The number of anilines is 1. The topological polar surface area (TPSA) is 39.1 Å². The summed E-state index contributed by atoms with van der Waals surface area (Å²) in [4.78, 5) is 4.66. The molecule has 0 aromatic carbocycles. The largest absolute Gasteiger partial charge is 0.378 e. The second-order valence-electron chi connectivity index (χ2n) is 6.30. The molecule has 0 spiro atoms. The minimum atomic E-state index is 0.459. The lowest BCUT2D eigenvalue weighted by Crippen LogP contribution is -2.24. The van der Waals surface area contributed by atoms with Gasteiger partial charge in [0.2, 0.25) is 5.95 Å². The number of nitrogens with one attached hydrogen (secondary N) is 1. The molecule has 1 aliphatic heterocycles. The van der Waals surface area contributed by atoms with Crippen molar-refractivity contribution in [2.75, 3.05) is 11.9 Å². The van der Waals surface area contributed by atoms with E-state index in [4.69, 9.17) is 4.74 Å². The molecule has 1 aliphatic carbocycles. The minimum Gasteiger partial charge on any atom is -0.378 e. The number of hydrogen-bond acceptors (Lipinski definition) is 3. The molecule has 1 aromatic rings. The third-order valence-corrected chi connectivity index (χ3v) is 4.55. The average Bonchev–Trinajstić information content (AvgIpc) is 3.07. The van der Waals surface area contributed by atoms with Crippen LogP contribution < -0.4 is 5.32 Å². The van der Waals surface area contributed by atoms with Gasteiger partial charge in [0.15, 0.2) is 0 Å². The highest BCUT2D eigenvalue weighted by Crippen LogP contribution is 2.22. The number of imidazole rings is 1. The van der Waals surface area contributed by atoms with Crippen molar-refractivity contribution in [2.45, 2.75) is 77.0 Å². The van der Waals surface area contributed by atoms with Gasteiger partial charge in [0, 0.05) is 25.4 Å². The molecule has 20 heavy (non-hydrogen) atoms. The van der Waals surface area contributed by atoms with E-state index in [2.05, 4.69) is 28.0 Å². The summed E-state index contributed by atoms with van der Waals surface area (Å²) in [5, 5.41) is 3.66. The Balaban J connectivity index is 1.58. The van der Waals surface area contributed by atoms with Crippen molar-refractivity contribution in [2.24, 2.45) is 0 Å². The molecule has 4 heteroatoms. The molecule has 0 amide bonds. The lowest BCUT2D eigenvalue weighted by atomic mass is 9.96. The van der Waals surface area contributed by atoms with Crippen LogP contribution >= 0.6 is 0 Å². The van der Waals surface area contributed by atoms with E-state index in [0.29, 0.717) is 12.1 Å². The summed E-state index contributed by atoms with van der Waals surface area (Å²) >= 11 is 0. The first-order valence-corrected chi connectivity index (χ1v) is 8.23. The molecular weight excluding hydrogens is 250 g/mol. The SMILES string of the molecule is Cc1cn(CCC2CCCO2)c(NC2CCCCC2)n1. The molecule has 1 unspecified atom stereocenters. The average molecular weight is 277 g/mol. The molecule has 0 radical (unpaired) electrons. The van der Waals surface area contributed by atoms with Gasteiger partial charge < -0.3 is 14.6 Å². The fourth-order valence-corrected chi connectivity index (χ4v) is 3.42. The molecule has 2 heterocycles. The predicted octanol–water partition coefficient (Wildman–Crippen LogP) is 3.51. The molecule has 2 fully saturated rings. The lowest BCUT2D eigenvalue weighted by Gasteiger charge is -2.23. The minimum absolute atomic E-state index is 0.459. The third kappa shape index (κ3) is 3.54. The van der Waals surface area contributed by atoms with E-state index in [-0.39, 0.29) is 0 Å². The second-order valence-corrected chi connectivity index (χ2v) is 6.30. The highest BCUT2D eigenvalue weighted by atomic mass is 16.5. The summed E-state index contributed by atoms with van der Waals surface area (Å²) in [5.74, 6) is 1.06. The zero-order chi connectivity index (χ0) is 13.8. The van der Waals surface area contributed by atoms with E-state index in [9.17, 15) is 0 Å². The highest BCUT2D eigenvalue weighted by molar-refractivity contribution is 5.30. The normalized spacial score (nSPS) is 24.1. The maximum atomic E-state index is 5.72. The van der Waals surface area contributed by atoms with E-state index in [1.54, 1.807) is 0 Å². The fraction of sp³-hybridized carbons (Fsp3) is 0.812. The molecule has 1 saturated carbocycles. The second kappa shape index (κ2) is 6.61. The first kappa shape index (κ1) is 13.9.